The van der Waals surface area contributed by atoms with Crippen molar-refractivity contribution < 1.29 is 9.47 Å². The first-order chi connectivity index (χ1) is 10.3. The standard InChI is InChI=1S/C15H27N3O2S/c1-4-18(8-10-20-3)15-17-14(12-5-6-12)13(21-15)11-16-7-9-19-2/h12,16H,4-11H2,1-3H3. The van der Waals surface area contributed by atoms with Crippen molar-refractivity contribution in [1.29, 1.82) is 0 Å². The minimum absolute atomic E-state index is 0.690. The van der Waals surface area contributed by atoms with E-state index in [9.17, 15) is 0 Å². The lowest BCUT2D eigenvalue weighted by Crippen LogP contribution is -2.26. The van der Waals surface area contributed by atoms with Gasteiger partial charge in [0.05, 0.1) is 18.9 Å². The summed E-state index contributed by atoms with van der Waals surface area (Å²) in [5.41, 5.74) is 1.32. The van der Waals surface area contributed by atoms with E-state index in [1.807, 2.05) is 11.3 Å². The Hall–Kier alpha value is -0.690. The van der Waals surface area contributed by atoms with Gasteiger partial charge in [0.2, 0.25) is 0 Å². The molecule has 0 aliphatic heterocycles. The number of hydrogen-bond acceptors (Lipinski definition) is 6. The van der Waals surface area contributed by atoms with Crippen molar-refractivity contribution in [3.63, 3.8) is 0 Å². The molecule has 1 fully saturated rings. The molecule has 0 atom stereocenters. The highest BCUT2D eigenvalue weighted by atomic mass is 32.1. The van der Waals surface area contributed by atoms with Crippen molar-refractivity contribution in [1.82, 2.24) is 10.3 Å². The number of likely N-dealkylation sites (N-methyl/N-ethyl adjacent to an activating group) is 1. The molecule has 0 radical (unpaired) electrons. The Morgan fingerprint density at radius 1 is 1.29 bits per heavy atom. The fourth-order valence-electron chi connectivity index (χ4n) is 2.25. The molecule has 0 amide bonds. The van der Waals surface area contributed by atoms with Crippen LogP contribution in [0.3, 0.4) is 0 Å². The van der Waals surface area contributed by atoms with Crippen LogP contribution < -0.4 is 10.2 Å². The Bertz CT molecular complexity index is 421. The van der Waals surface area contributed by atoms with Crippen molar-refractivity contribution in [2.45, 2.75) is 32.2 Å². The number of thiazole rings is 1. The van der Waals surface area contributed by atoms with Gasteiger partial charge >= 0.3 is 0 Å². The van der Waals surface area contributed by atoms with Gasteiger partial charge in [0, 0.05) is 51.2 Å². The van der Waals surface area contributed by atoms with Gasteiger partial charge in [-0.05, 0) is 19.8 Å². The molecule has 0 saturated heterocycles. The molecule has 0 bridgehead atoms. The summed E-state index contributed by atoms with van der Waals surface area (Å²) in [4.78, 5) is 8.61. The maximum atomic E-state index is 5.19. The summed E-state index contributed by atoms with van der Waals surface area (Å²) in [6.45, 7) is 7.32. The quantitative estimate of drug-likeness (QED) is 0.635. The van der Waals surface area contributed by atoms with Crippen molar-refractivity contribution in [2.75, 3.05) is 52.0 Å². The molecule has 0 spiro atoms. The minimum atomic E-state index is 0.690. The van der Waals surface area contributed by atoms with Crippen molar-refractivity contribution in [3.05, 3.63) is 10.6 Å². The second-order valence-corrected chi connectivity index (χ2v) is 6.38. The van der Waals surface area contributed by atoms with Crippen molar-refractivity contribution >= 4 is 16.5 Å². The topological polar surface area (TPSA) is 46.6 Å². The summed E-state index contributed by atoms with van der Waals surface area (Å²) >= 11 is 1.82. The molecular formula is C15H27N3O2S. The van der Waals surface area contributed by atoms with Gasteiger partial charge in [-0.1, -0.05) is 0 Å². The van der Waals surface area contributed by atoms with E-state index in [1.165, 1.54) is 23.4 Å². The Kier molecular flexibility index (Phi) is 6.89. The molecule has 1 saturated carbocycles. The summed E-state index contributed by atoms with van der Waals surface area (Å²) in [6.07, 6.45) is 2.58. The highest BCUT2D eigenvalue weighted by Crippen LogP contribution is 2.44. The molecule has 1 N–H and O–H groups in total. The Balaban J connectivity index is 2.01. The zero-order valence-corrected chi connectivity index (χ0v) is 14.2. The predicted octanol–water partition coefficient (Wildman–Crippen LogP) is 2.23. The minimum Gasteiger partial charge on any atom is -0.383 e. The molecule has 120 valence electrons. The smallest absolute Gasteiger partial charge is 0.185 e. The Labute approximate surface area is 131 Å². The van der Waals surface area contributed by atoms with E-state index in [-0.39, 0.29) is 0 Å². The lowest BCUT2D eigenvalue weighted by molar-refractivity contribution is 0.199. The molecule has 1 aliphatic carbocycles. The van der Waals surface area contributed by atoms with E-state index in [1.54, 1.807) is 14.2 Å². The van der Waals surface area contributed by atoms with E-state index in [0.29, 0.717) is 5.92 Å². The SMILES string of the molecule is CCN(CCOC)c1nc(C2CC2)c(CNCCOC)s1. The lowest BCUT2D eigenvalue weighted by atomic mass is 10.2. The summed E-state index contributed by atoms with van der Waals surface area (Å²) in [7, 11) is 3.48. The fraction of sp³-hybridized carbons (Fsp3) is 0.800. The molecule has 0 unspecified atom stereocenters. The van der Waals surface area contributed by atoms with Crippen molar-refractivity contribution in [2.24, 2.45) is 0 Å². The zero-order chi connectivity index (χ0) is 15.1. The van der Waals surface area contributed by atoms with E-state index in [2.05, 4.69) is 17.1 Å². The second kappa shape index (κ2) is 8.68. The summed E-state index contributed by atoms with van der Waals surface area (Å²) < 4.78 is 10.3. The maximum absolute atomic E-state index is 5.19. The van der Waals surface area contributed by atoms with Gasteiger partial charge < -0.3 is 19.7 Å². The van der Waals surface area contributed by atoms with Crippen LogP contribution in [0.5, 0.6) is 0 Å². The van der Waals surface area contributed by atoms with E-state index in [4.69, 9.17) is 14.5 Å². The first kappa shape index (κ1) is 16.7. The van der Waals surface area contributed by atoms with E-state index in [0.717, 1.165) is 44.5 Å². The third kappa shape index (κ3) is 4.92. The second-order valence-electron chi connectivity index (χ2n) is 5.32. The van der Waals surface area contributed by atoms with Crippen molar-refractivity contribution in [3.8, 4) is 0 Å². The van der Waals surface area contributed by atoms with Crippen LogP contribution in [0.4, 0.5) is 5.13 Å². The van der Waals surface area contributed by atoms with Gasteiger partial charge in [0.25, 0.3) is 0 Å². The number of hydrogen-bond donors (Lipinski definition) is 1. The Morgan fingerprint density at radius 2 is 2.05 bits per heavy atom. The molecule has 1 aliphatic rings. The molecule has 21 heavy (non-hydrogen) atoms. The number of rotatable bonds is 11. The first-order valence-corrected chi connectivity index (χ1v) is 8.54. The van der Waals surface area contributed by atoms with Crippen LogP contribution in [-0.4, -0.2) is 52.1 Å². The number of ether oxygens (including phenoxy) is 2. The summed E-state index contributed by atoms with van der Waals surface area (Å²) in [5.74, 6) is 0.690. The van der Waals surface area contributed by atoms with Crippen LogP contribution in [0.25, 0.3) is 0 Å². The van der Waals surface area contributed by atoms with Gasteiger partial charge in [-0.15, -0.1) is 11.3 Å². The van der Waals surface area contributed by atoms with Crippen LogP contribution >= 0.6 is 11.3 Å². The Morgan fingerprint density at radius 3 is 2.67 bits per heavy atom. The van der Waals surface area contributed by atoms with Crippen LogP contribution in [-0.2, 0) is 16.0 Å². The van der Waals surface area contributed by atoms with E-state index >= 15 is 0 Å². The number of nitrogens with one attached hydrogen (secondary N) is 1. The average Bonchev–Trinajstić information content (AvgIpc) is 3.26. The molecule has 0 aromatic carbocycles. The lowest BCUT2D eigenvalue weighted by Gasteiger charge is -2.18. The van der Waals surface area contributed by atoms with Gasteiger partial charge in [0.15, 0.2) is 5.13 Å². The molecular weight excluding hydrogens is 286 g/mol. The third-order valence-corrected chi connectivity index (χ3v) is 4.80. The van der Waals surface area contributed by atoms with Crippen LogP contribution in [0.15, 0.2) is 0 Å². The van der Waals surface area contributed by atoms with Crippen LogP contribution in [0.1, 0.15) is 36.3 Å². The first-order valence-electron chi connectivity index (χ1n) is 7.73. The largest absolute Gasteiger partial charge is 0.383 e. The van der Waals surface area contributed by atoms with Gasteiger partial charge in [-0.25, -0.2) is 4.98 Å². The fourth-order valence-corrected chi connectivity index (χ4v) is 3.46. The summed E-state index contributed by atoms with van der Waals surface area (Å²) in [6, 6.07) is 0. The molecule has 5 nitrogen and oxygen atoms in total. The van der Waals surface area contributed by atoms with Gasteiger partial charge in [-0.3, -0.25) is 0 Å². The summed E-state index contributed by atoms with van der Waals surface area (Å²) in [5, 5.41) is 4.58. The number of aromatic nitrogens is 1. The number of nitrogens with zero attached hydrogens (tertiary/aromatic N) is 2. The molecule has 1 heterocycles. The van der Waals surface area contributed by atoms with Gasteiger partial charge in [-0.2, -0.15) is 0 Å². The normalized spacial score (nSPS) is 14.6. The maximum Gasteiger partial charge on any atom is 0.185 e. The van der Waals surface area contributed by atoms with E-state index < -0.39 is 0 Å². The van der Waals surface area contributed by atoms with Gasteiger partial charge in [0.1, 0.15) is 0 Å². The predicted molar refractivity (Wildman–Crippen MR) is 87.4 cm³/mol. The highest BCUT2D eigenvalue weighted by Gasteiger charge is 2.30. The molecule has 2 rings (SSSR count). The van der Waals surface area contributed by atoms with Crippen LogP contribution in [0.2, 0.25) is 0 Å². The highest BCUT2D eigenvalue weighted by molar-refractivity contribution is 7.15. The third-order valence-electron chi connectivity index (χ3n) is 3.67. The zero-order valence-electron chi connectivity index (χ0n) is 13.4. The molecule has 6 heteroatoms. The average molecular weight is 313 g/mol. The number of anilines is 1. The number of methoxy groups -OCH3 is 2. The molecule has 1 aromatic rings. The molecule has 1 aromatic heterocycles. The van der Waals surface area contributed by atoms with Crippen LogP contribution in [0, 0.1) is 0 Å². The monoisotopic (exact) mass is 313 g/mol.